The van der Waals surface area contributed by atoms with Crippen LogP contribution in [0.1, 0.15) is 18.9 Å². The minimum atomic E-state index is -0.664. The van der Waals surface area contributed by atoms with Gasteiger partial charge in [0.1, 0.15) is 5.83 Å². The fraction of sp³-hybridized carbons (Fsp3) is 0.273. The van der Waals surface area contributed by atoms with Gasteiger partial charge < -0.3 is 15.3 Å². The van der Waals surface area contributed by atoms with Gasteiger partial charge in [-0.05, 0) is 55.2 Å². The summed E-state index contributed by atoms with van der Waals surface area (Å²) >= 11 is 11.9. The normalized spacial score (nSPS) is 15.1. The van der Waals surface area contributed by atoms with E-state index in [1.807, 2.05) is 6.07 Å². The molecule has 1 aromatic carbocycles. The van der Waals surface area contributed by atoms with E-state index in [1.165, 1.54) is 11.0 Å². The zero-order chi connectivity index (χ0) is 22.3. The Balaban J connectivity index is 1.89. The molecule has 1 aromatic rings. The van der Waals surface area contributed by atoms with Gasteiger partial charge >= 0.3 is 0 Å². The lowest BCUT2D eigenvalue weighted by Gasteiger charge is -2.16. The summed E-state index contributed by atoms with van der Waals surface area (Å²) in [5, 5.41) is 13.7. The number of aryl methyl sites for hydroxylation is 1. The molecular formula is C22H23Cl2FN2O3. The first-order chi connectivity index (χ1) is 14.3. The number of benzene rings is 1. The van der Waals surface area contributed by atoms with E-state index in [1.54, 1.807) is 25.1 Å². The number of halogens is 3. The Bertz CT molecular complexity index is 938. The van der Waals surface area contributed by atoms with Crippen molar-refractivity contribution in [3.63, 3.8) is 0 Å². The number of nitrogens with one attached hydrogen (secondary N) is 1. The third kappa shape index (κ3) is 6.21. The van der Waals surface area contributed by atoms with Crippen molar-refractivity contribution in [2.75, 3.05) is 19.6 Å². The quantitative estimate of drug-likeness (QED) is 0.421. The zero-order valence-electron chi connectivity index (χ0n) is 16.6. The minimum absolute atomic E-state index is 0.00170. The number of aliphatic hydroxyl groups excluding tert-OH is 1. The van der Waals surface area contributed by atoms with Gasteiger partial charge in [-0.3, -0.25) is 9.59 Å². The lowest BCUT2D eigenvalue weighted by molar-refractivity contribution is -0.127. The number of rotatable bonds is 9. The van der Waals surface area contributed by atoms with E-state index >= 15 is 0 Å². The van der Waals surface area contributed by atoms with Crippen LogP contribution in [0.2, 0.25) is 10.0 Å². The first kappa shape index (κ1) is 23.7. The summed E-state index contributed by atoms with van der Waals surface area (Å²) in [4.78, 5) is 25.9. The molecule has 0 atom stereocenters. The maximum atomic E-state index is 13.4. The molecule has 0 aromatic heterocycles. The van der Waals surface area contributed by atoms with E-state index in [0.717, 1.165) is 11.6 Å². The second-order valence-electron chi connectivity index (χ2n) is 6.69. The van der Waals surface area contributed by atoms with Crippen molar-refractivity contribution >= 4 is 35.0 Å². The zero-order valence-corrected chi connectivity index (χ0v) is 18.1. The Hall–Kier alpha value is -2.57. The average Bonchev–Trinajstić information content (AvgIpc) is 3.01. The van der Waals surface area contributed by atoms with Crippen LogP contribution in [-0.2, 0) is 16.0 Å². The molecule has 30 heavy (non-hydrogen) atoms. The van der Waals surface area contributed by atoms with Crippen LogP contribution in [0, 0.1) is 0 Å². The summed E-state index contributed by atoms with van der Waals surface area (Å²) in [6.45, 7) is 5.42. The minimum Gasteiger partial charge on any atom is -0.503 e. The summed E-state index contributed by atoms with van der Waals surface area (Å²) in [6, 6.07) is 5.35. The van der Waals surface area contributed by atoms with Crippen LogP contribution < -0.4 is 5.32 Å². The van der Waals surface area contributed by atoms with Crippen LogP contribution in [0.5, 0.6) is 0 Å². The number of nitrogens with zero attached hydrogens (tertiary/aromatic N) is 1. The molecule has 5 nitrogen and oxygen atoms in total. The van der Waals surface area contributed by atoms with Crippen molar-refractivity contribution in [3.8, 4) is 0 Å². The highest BCUT2D eigenvalue weighted by Gasteiger charge is 2.33. The second kappa shape index (κ2) is 11.0. The van der Waals surface area contributed by atoms with Crippen LogP contribution in [0.15, 0.2) is 65.7 Å². The summed E-state index contributed by atoms with van der Waals surface area (Å²) in [5.41, 5.74) is 1.51. The lowest BCUT2D eigenvalue weighted by atomic mass is 10.1. The van der Waals surface area contributed by atoms with Crippen LogP contribution >= 0.6 is 23.2 Å². The van der Waals surface area contributed by atoms with Crippen molar-refractivity contribution in [3.05, 3.63) is 81.3 Å². The van der Waals surface area contributed by atoms with Gasteiger partial charge in [0.15, 0.2) is 5.76 Å². The monoisotopic (exact) mass is 452 g/mol. The molecule has 8 heteroatoms. The molecule has 0 bridgehead atoms. The number of carbonyl (C=O) groups excluding carboxylic acids is 2. The molecule has 2 amide bonds. The smallest absolute Gasteiger partial charge is 0.289 e. The Morgan fingerprint density at radius 3 is 2.73 bits per heavy atom. The molecule has 2 N–H and O–H groups in total. The van der Waals surface area contributed by atoms with Gasteiger partial charge in [-0.25, -0.2) is 4.39 Å². The van der Waals surface area contributed by atoms with Crippen LogP contribution in [0.3, 0.4) is 0 Å². The third-order valence-corrected chi connectivity index (χ3v) is 5.31. The SMILES string of the molecule is C=C/C(F)=C\C(=C/C)CN1CC(C(=O)NCCCc2ccc(Cl)c(Cl)c2)=C(O)C1=O. The van der Waals surface area contributed by atoms with Crippen LogP contribution in [0.25, 0.3) is 0 Å². The van der Waals surface area contributed by atoms with E-state index in [9.17, 15) is 19.1 Å². The first-order valence-corrected chi connectivity index (χ1v) is 10.1. The third-order valence-electron chi connectivity index (χ3n) is 4.57. The average molecular weight is 453 g/mol. The topological polar surface area (TPSA) is 69.6 Å². The van der Waals surface area contributed by atoms with Crippen molar-refractivity contribution < 1.29 is 19.1 Å². The molecule has 0 aliphatic carbocycles. The molecule has 160 valence electrons. The summed E-state index contributed by atoms with van der Waals surface area (Å²) < 4.78 is 13.4. The van der Waals surface area contributed by atoms with Gasteiger partial charge in [0, 0.05) is 13.1 Å². The summed E-state index contributed by atoms with van der Waals surface area (Å²) in [7, 11) is 0. The summed E-state index contributed by atoms with van der Waals surface area (Å²) in [5.74, 6) is -2.29. The van der Waals surface area contributed by atoms with E-state index in [0.29, 0.717) is 35.0 Å². The van der Waals surface area contributed by atoms with E-state index < -0.39 is 23.4 Å². The molecule has 0 saturated carbocycles. The Morgan fingerprint density at radius 2 is 2.10 bits per heavy atom. The Morgan fingerprint density at radius 1 is 1.37 bits per heavy atom. The van der Waals surface area contributed by atoms with Crippen molar-refractivity contribution in [1.29, 1.82) is 0 Å². The molecule has 1 aliphatic rings. The second-order valence-corrected chi connectivity index (χ2v) is 7.51. The molecule has 2 rings (SSSR count). The number of hydrogen-bond donors (Lipinski definition) is 2. The molecule has 1 heterocycles. The largest absolute Gasteiger partial charge is 0.503 e. The highest BCUT2D eigenvalue weighted by atomic mass is 35.5. The predicted octanol–water partition coefficient (Wildman–Crippen LogP) is 4.68. The van der Waals surface area contributed by atoms with Gasteiger partial charge in [-0.2, -0.15) is 0 Å². The molecule has 0 spiro atoms. The van der Waals surface area contributed by atoms with Crippen molar-refractivity contribution in [2.24, 2.45) is 0 Å². The number of hydrogen-bond acceptors (Lipinski definition) is 3. The van der Waals surface area contributed by atoms with Crippen LogP contribution in [-0.4, -0.2) is 41.5 Å². The van der Waals surface area contributed by atoms with Gasteiger partial charge in [0.25, 0.3) is 11.8 Å². The number of allylic oxidation sites excluding steroid dienone is 3. The highest BCUT2D eigenvalue weighted by molar-refractivity contribution is 6.42. The van der Waals surface area contributed by atoms with Crippen molar-refractivity contribution in [1.82, 2.24) is 10.2 Å². The lowest BCUT2D eigenvalue weighted by Crippen LogP contribution is -2.31. The van der Waals surface area contributed by atoms with Gasteiger partial charge in [-0.15, -0.1) is 0 Å². The highest BCUT2D eigenvalue weighted by Crippen LogP contribution is 2.23. The van der Waals surface area contributed by atoms with E-state index in [2.05, 4.69) is 11.9 Å². The molecule has 1 aliphatic heterocycles. The number of amides is 2. The van der Waals surface area contributed by atoms with E-state index in [4.69, 9.17) is 23.2 Å². The maximum absolute atomic E-state index is 13.4. The fourth-order valence-corrected chi connectivity index (χ4v) is 3.22. The molecule has 0 radical (unpaired) electrons. The van der Waals surface area contributed by atoms with Gasteiger partial charge in [-0.1, -0.05) is 41.9 Å². The van der Waals surface area contributed by atoms with Crippen molar-refractivity contribution in [2.45, 2.75) is 19.8 Å². The number of aliphatic hydroxyl groups is 1. The summed E-state index contributed by atoms with van der Waals surface area (Å²) in [6.07, 6.45) is 5.28. The molecule has 0 saturated heterocycles. The first-order valence-electron chi connectivity index (χ1n) is 9.35. The molecular weight excluding hydrogens is 430 g/mol. The maximum Gasteiger partial charge on any atom is 0.289 e. The Kier molecular flexibility index (Phi) is 8.69. The molecule has 0 unspecified atom stereocenters. The van der Waals surface area contributed by atoms with Gasteiger partial charge in [0.2, 0.25) is 0 Å². The molecule has 0 fully saturated rings. The van der Waals surface area contributed by atoms with Gasteiger partial charge in [0.05, 0.1) is 22.2 Å². The van der Waals surface area contributed by atoms with E-state index in [-0.39, 0.29) is 18.7 Å². The van der Waals surface area contributed by atoms with Crippen LogP contribution in [0.4, 0.5) is 4.39 Å². The number of carbonyl (C=O) groups is 2. The predicted molar refractivity (Wildman–Crippen MR) is 117 cm³/mol. The fourth-order valence-electron chi connectivity index (χ4n) is 2.90. The standard InChI is InChI=1S/C22H23Cl2FN2O3/c1-3-14(10-16(25)4-2)12-27-13-17(20(28)22(27)30)21(29)26-9-5-6-15-7-8-18(23)19(24)11-15/h3-4,7-8,10-11,28H,2,5-6,9,12-13H2,1H3,(H,26,29)/b14-3+,16-10+. The Labute approximate surface area is 185 Å².